The van der Waals surface area contributed by atoms with Gasteiger partial charge in [-0.2, -0.15) is 0 Å². The van der Waals surface area contributed by atoms with E-state index in [0.29, 0.717) is 29.6 Å². The van der Waals surface area contributed by atoms with Crippen LogP contribution in [0.4, 0.5) is 0 Å². The van der Waals surface area contributed by atoms with Gasteiger partial charge < -0.3 is 14.8 Å². The lowest BCUT2D eigenvalue weighted by atomic mass is 9.86. The fourth-order valence-electron chi connectivity index (χ4n) is 2.91. The van der Waals surface area contributed by atoms with Crippen molar-refractivity contribution in [3.05, 3.63) is 23.8 Å². The highest BCUT2D eigenvalue weighted by atomic mass is 16.5. The molecule has 1 N–H and O–H groups in total. The van der Waals surface area contributed by atoms with Crippen LogP contribution < -0.4 is 14.8 Å². The fourth-order valence-corrected chi connectivity index (χ4v) is 2.91. The van der Waals surface area contributed by atoms with Crippen LogP contribution in [0.2, 0.25) is 0 Å². The molecule has 1 aliphatic rings. The highest BCUT2D eigenvalue weighted by molar-refractivity contribution is 5.78. The summed E-state index contributed by atoms with van der Waals surface area (Å²) in [5, 5.41) is 3.05. The fraction of sp³-hybridized carbons (Fsp3) is 0.556. The number of nitrogens with one attached hydrogen (secondary N) is 1. The van der Waals surface area contributed by atoms with Crippen molar-refractivity contribution < 1.29 is 19.1 Å². The number of carbonyl (C=O) groups is 2. The van der Waals surface area contributed by atoms with Crippen molar-refractivity contribution in [1.82, 2.24) is 5.32 Å². The van der Waals surface area contributed by atoms with Crippen LogP contribution in [0.25, 0.3) is 0 Å². The third-order valence-corrected chi connectivity index (χ3v) is 4.22. The van der Waals surface area contributed by atoms with Crippen LogP contribution in [0.3, 0.4) is 0 Å². The smallest absolute Gasteiger partial charge is 0.258 e. The number of aldehydes is 1. The summed E-state index contributed by atoms with van der Waals surface area (Å²) < 4.78 is 11.0. The van der Waals surface area contributed by atoms with Crippen LogP contribution in [-0.4, -0.2) is 31.4 Å². The lowest BCUT2D eigenvalue weighted by Gasteiger charge is -2.29. The molecule has 0 radical (unpaired) electrons. The van der Waals surface area contributed by atoms with Crippen molar-refractivity contribution in [3.63, 3.8) is 0 Å². The molecule has 0 saturated heterocycles. The molecule has 126 valence electrons. The van der Waals surface area contributed by atoms with E-state index in [1.807, 2.05) is 6.92 Å². The number of carbonyl (C=O) groups excluding carboxylic acids is 2. The van der Waals surface area contributed by atoms with Gasteiger partial charge in [0, 0.05) is 11.6 Å². The van der Waals surface area contributed by atoms with E-state index in [2.05, 4.69) is 12.2 Å². The van der Waals surface area contributed by atoms with Crippen LogP contribution in [-0.2, 0) is 4.79 Å². The van der Waals surface area contributed by atoms with Crippen molar-refractivity contribution >= 4 is 12.2 Å². The molecule has 1 aliphatic carbocycles. The van der Waals surface area contributed by atoms with Gasteiger partial charge in [-0.25, -0.2) is 0 Å². The van der Waals surface area contributed by atoms with Gasteiger partial charge in [-0.15, -0.1) is 0 Å². The second-order valence-electron chi connectivity index (χ2n) is 5.98. The minimum Gasteiger partial charge on any atom is -0.490 e. The molecule has 1 aromatic rings. The molecule has 2 atom stereocenters. The van der Waals surface area contributed by atoms with Gasteiger partial charge >= 0.3 is 0 Å². The average Bonchev–Trinajstić information content (AvgIpc) is 2.56. The maximum atomic E-state index is 12.1. The van der Waals surface area contributed by atoms with Crippen LogP contribution >= 0.6 is 0 Å². The Labute approximate surface area is 137 Å². The summed E-state index contributed by atoms with van der Waals surface area (Å²) in [7, 11) is 0. The highest BCUT2D eigenvalue weighted by Crippen LogP contribution is 2.28. The number of hydrogen-bond acceptors (Lipinski definition) is 4. The Morgan fingerprint density at radius 3 is 2.74 bits per heavy atom. The number of hydrogen-bond donors (Lipinski definition) is 1. The molecule has 2 rings (SSSR count). The van der Waals surface area contributed by atoms with Crippen LogP contribution in [0, 0.1) is 5.92 Å². The molecule has 1 fully saturated rings. The molecule has 1 saturated carbocycles. The van der Waals surface area contributed by atoms with Gasteiger partial charge in [0.15, 0.2) is 18.1 Å². The predicted octanol–water partition coefficient (Wildman–Crippen LogP) is 2.97. The van der Waals surface area contributed by atoms with E-state index in [1.165, 1.54) is 6.42 Å². The van der Waals surface area contributed by atoms with Gasteiger partial charge in [0.05, 0.1) is 6.61 Å². The van der Waals surface area contributed by atoms with Gasteiger partial charge in [0.1, 0.15) is 6.29 Å². The Hall–Kier alpha value is -2.04. The van der Waals surface area contributed by atoms with E-state index < -0.39 is 0 Å². The molecule has 0 heterocycles. The molecule has 0 spiro atoms. The minimum absolute atomic E-state index is 0.0519. The molecule has 5 nitrogen and oxygen atoms in total. The number of amides is 1. The predicted molar refractivity (Wildman–Crippen MR) is 88.1 cm³/mol. The van der Waals surface area contributed by atoms with E-state index in [1.54, 1.807) is 18.2 Å². The highest BCUT2D eigenvalue weighted by Gasteiger charge is 2.23. The molecule has 0 bridgehead atoms. The van der Waals surface area contributed by atoms with E-state index in [4.69, 9.17) is 9.47 Å². The van der Waals surface area contributed by atoms with E-state index in [9.17, 15) is 9.59 Å². The molecule has 1 aromatic carbocycles. The number of benzene rings is 1. The minimum atomic E-state index is -0.120. The van der Waals surface area contributed by atoms with E-state index >= 15 is 0 Å². The standard InChI is InChI=1S/C18H25NO4/c1-3-22-17-10-14(11-20)8-9-16(17)23-12-18(21)19-15-7-5-4-6-13(15)2/h8-11,13,15H,3-7,12H2,1-2H3,(H,19,21)/t13-,15+/m0/s1. The molecule has 0 aliphatic heterocycles. The summed E-state index contributed by atoms with van der Waals surface area (Å²) >= 11 is 0. The Morgan fingerprint density at radius 2 is 2.04 bits per heavy atom. The van der Waals surface area contributed by atoms with Gasteiger partial charge in [0.25, 0.3) is 5.91 Å². The first kappa shape index (κ1) is 17.3. The molecule has 1 amide bonds. The average molecular weight is 319 g/mol. The summed E-state index contributed by atoms with van der Waals surface area (Å²) in [6, 6.07) is 5.16. The molecular weight excluding hydrogens is 294 g/mol. The Morgan fingerprint density at radius 1 is 1.26 bits per heavy atom. The van der Waals surface area contributed by atoms with Gasteiger partial charge in [0.2, 0.25) is 0 Å². The van der Waals surface area contributed by atoms with E-state index in [-0.39, 0.29) is 18.6 Å². The van der Waals surface area contributed by atoms with Crippen molar-refractivity contribution in [2.24, 2.45) is 5.92 Å². The lowest BCUT2D eigenvalue weighted by molar-refractivity contribution is -0.124. The van der Waals surface area contributed by atoms with Crippen molar-refractivity contribution in [1.29, 1.82) is 0 Å². The van der Waals surface area contributed by atoms with Gasteiger partial charge in [-0.3, -0.25) is 9.59 Å². The molecule has 5 heteroatoms. The molecular formula is C18H25NO4. The molecule has 0 aromatic heterocycles. The Kier molecular flexibility index (Phi) is 6.44. The number of ether oxygens (including phenoxy) is 2. The zero-order valence-corrected chi connectivity index (χ0v) is 13.8. The summed E-state index contributed by atoms with van der Waals surface area (Å²) in [5.41, 5.74) is 0.515. The SMILES string of the molecule is CCOc1cc(C=O)ccc1OCC(=O)N[C@@H]1CCCC[C@@H]1C. The Balaban J connectivity index is 1.91. The van der Waals surface area contributed by atoms with Crippen molar-refractivity contribution in [2.75, 3.05) is 13.2 Å². The van der Waals surface area contributed by atoms with Crippen LogP contribution in [0.15, 0.2) is 18.2 Å². The maximum Gasteiger partial charge on any atom is 0.258 e. The topological polar surface area (TPSA) is 64.6 Å². The summed E-state index contributed by atoms with van der Waals surface area (Å²) in [5.74, 6) is 1.35. The molecule has 23 heavy (non-hydrogen) atoms. The van der Waals surface area contributed by atoms with Crippen LogP contribution in [0.5, 0.6) is 11.5 Å². The van der Waals surface area contributed by atoms with Crippen molar-refractivity contribution in [2.45, 2.75) is 45.6 Å². The second kappa shape index (κ2) is 8.56. The summed E-state index contributed by atoms with van der Waals surface area (Å²) in [6.07, 6.45) is 5.35. The van der Waals surface area contributed by atoms with Crippen LogP contribution in [0.1, 0.15) is 49.9 Å². The summed E-state index contributed by atoms with van der Waals surface area (Å²) in [6.45, 7) is 4.44. The monoisotopic (exact) mass is 319 g/mol. The quantitative estimate of drug-likeness (QED) is 0.785. The normalized spacial score (nSPS) is 20.6. The first-order chi connectivity index (χ1) is 11.1. The largest absolute Gasteiger partial charge is 0.490 e. The molecule has 0 unspecified atom stereocenters. The Bertz CT molecular complexity index is 544. The second-order valence-corrected chi connectivity index (χ2v) is 5.98. The number of rotatable bonds is 7. The third-order valence-electron chi connectivity index (χ3n) is 4.22. The zero-order valence-electron chi connectivity index (χ0n) is 13.8. The van der Waals surface area contributed by atoms with Gasteiger partial charge in [-0.05, 0) is 43.9 Å². The first-order valence-corrected chi connectivity index (χ1v) is 8.28. The van der Waals surface area contributed by atoms with Gasteiger partial charge in [-0.1, -0.05) is 19.8 Å². The van der Waals surface area contributed by atoms with E-state index in [0.717, 1.165) is 25.5 Å². The summed E-state index contributed by atoms with van der Waals surface area (Å²) in [4.78, 5) is 22.9. The lowest BCUT2D eigenvalue weighted by Crippen LogP contribution is -2.43. The zero-order chi connectivity index (χ0) is 16.7. The first-order valence-electron chi connectivity index (χ1n) is 8.28. The maximum absolute atomic E-state index is 12.1. The third kappa shape index (κ3) is 4.98. The van der Waals surface area contributed by atoms with Crippen molar-refractivity contribution in [3.8, 4) is 11.5 Å².